The molecule has 1 aliphatic heterocycles. The van der Waals surface area contributed by atoms with Crippen molar-refractivity contribution in [2.75, 3.05) is 26.2 Å². The Kier molecular flexibility index (Phi) is 4.64. The van der Waals surface area contributed by atoms with Crippen LogP contribution in [0.4, 0.5) is 0 Å². The summed E-state index contributed by atoms with van der Waals surface area (Å²) in [6.07, 6.45) is 0.698. The van der Waals surface area contributed by atoms with Crippen LogP contribution in [0.2, 0.25) is 0 Å². The molecule has 2 N–H and O–H groups in total. The standard InChI is InChI=1S/C14H17N3O2S2/c15-4-3-13-16-10(9-21-13)14(18)17-5-6-19-11(8-17)12-2-1-7-20-12/h1-2,7,9,11H,3-6,8,15H2. The van der Waals surface area contributed by atoms with E-state index in [4.69, 9.17) is 10.5 Å². The van der Waals surface area contributed by atoms with Crippen LogP contribution in [0.1, 0.15) is 26.5 Å². The Bertz CT molecular complexity index is 597. The summed E-state index contributed by atoms with van der Waals surface area (Å²) in [4.78, 5) is 19.9. The number of thiazole rings is 1. The van der Waals surface area contributed by atoms with Crippen molar-refractivity contribution in [3.8, 4) is 0 Å². The second-order valence-corrected chi connectivity index (χ2v) is 6.71. The molecule has 1 saturated heterocycles. The minimum atomic E-state index is -0.0233. The molecular weight excluding hydrogens is 306 g/mol. The average molecular weight is 323 g/mol. The van der Waals surface area contributed by atoms with Gasteiger partial charge in [0.25, 0.3) is 5.91 Å². The van der Waals surface area contributed by atoms with Crippen LogP contribution in [0.25, 0.3) is 0 Å². The normalized spacial score (nSPS) is 18.9. The fourth-order valence-corrected chi connectivity index (χ4v) is 3.84. The Hall–Kier alpha value is -1.28. The van der Waals surface area contributed by atoms with Crippen molar-refractivity contribution in [1.82, 2.24) is 9.88 Å². The molecule has 0 bridgehead atoms. The van der Waals surface area contributed by atoms with E-state index < -0.39 is 0 Å². The Balaban J connectivity index is 1.68. The summed E-state index contributed by atoms with van der Waals surface area (Å²) in [5, 5.41) is 4.77. The molecule has 1 atom stereocenters. The van der Waals surface area contributed by atoms with Gasteiger partial charge in [-0.05, 0) is 18.0 Å². The van der Waals surface area contributed by atoms with Crippen molar-refractivity contribution >= 4 is 28.6 Å². The molecular formula is C14H17N3O2S2. The molecule has 0 saturated carbocycles. The summed E-state index contributed by atoms with van der Waals surface area (Å²) in [5.74, 6) is -0.0145. The van der Waals surface area contributed by atoms with Crippen molar-refractivity contribution in [3.63, 3.8) is 0 Å². The van der Waals surface area contributed by atoms with Gasteiger partial charge in [-0.25, -0.2) is 4.98 Å². The van der Waals surface area contributed by atoms with Gasteiger partial charge in [0, 0.05) is 23.2 Å². The number of nitrogens with zero attached hydrogens (tertiary/aromatic N) is 2. The second-order valence-electron chi connectivity index (χ2n) is 4.79. The molecule has 1 unspecified atom stereocenters. The summed E-state index contributed by atoms with van der Waals surface area (Å²) < 4.78 is 5.76. The van der Waals surface area contributed by atoms with Crippen molar-refractivity contribution in [3.05, 3.63) is 38.5 Å². The fourth-order valence-electron chi connectivity index (χ4n) is 2.29. The van der Waals surface area contributed by atoms with Gasteiger partial charge in [0.05, 0.1) is 18.2 Å². The molecule has 2 aromatic heterocycles. The van der Waals surface area contributed by atoms with Gasteiger partial charge in [-0.15, -0.1) is 22.7 Å². The topological polar surface area (TPSA) is 68.5 Å². The van der Waals surface area contributed by atoms with Gasteiger partial charge in [0.1, 0.15) is 11.8 Å². The number of hydrogen-bond acceptors (Lipinski definition) is 6. The predicted molar refractivity (Wildman–Crippen MR) is 83.8 cm³/mol. The lowest BCUT2D eigenvalue weighted by Crippen LogP contribution is -2.42. The zero-order valence-electron chi connectivity index (χ0n) is 11.5. The molecule has 0 aliphatic carbocycles. The summed E-state index contributed by atoms with van der Waals surface area (Å²) in [6, 6.07) is 4.05. The molecule has 0 aromatic carbocycles. The van der Waals surface area contributed by atoms with E-state index in [2.05, 4.69) is 4.98 Å². The van der Waals surface area contributed by atoms with Crippen molar-refractivity contribution in [2.24, 2.45) is 5.73 Å². The zero-order valence-corrected chi connectivity index (χ0v) is 13.2. The van der Waals surface area contributed by atoms with E-state index in [1.54, 1.807) is 11.3 Å². The number of hydrogen-bond donors (Lipinski definition) is 1. The number of ether oxygens (including phenoxy) is 1. The molecule has 112 valence electrons. The molecule has 3 heterocycles. The van der Waals surface area contributed by atoms with E-state index in [1.807, 2.05) is 27.8 Å². The van der Waals surface area contributed by atoms with Gasteiger partial charge in [0.15, 0.2) is 0 Å². The highest BCUT2D eigenvalue weighted by atomic mass is 32.1. The van der Waals surface area contributed by atoms with Crippen molar-refractivity contribution < 1.29 is 9.53 Å². The first kappa shape index (κ1) is 14.6. The summed E-state index contributed by atoms with van der Waals surface area (Å²) in [6.45, 7) is 2.32. The van der Waals surface area contributed by atoms with E-state index in [1.165, 1.54) is 11.3 Å². The van der Waals surface area contributed by atoms with Crippen LogP contribution in [0.15, 0.2) is 22.9 Å². The zero-order chi connectivity index (χ0) is 14.7. The van der Waals surface area contributed by atoms with E-state index >= 15 is 0 Å². The Morgan fingerprint density at radius 1 is 1.52 bits per heavy atom. The molecule has 21 heavy (non-hydrogen) atoms. The summed E-state index contributed by atoms with van der Waals surface area (Å²) in [5.41, 5.74) is 6.04. The van der Waals surface area contributed by atoms with E-state index in [0.717, 1.165) is 16.3 Å². The highest BCUT2D eigenvalue weighted by Gasteiger charge is 2.27. The monoisotopic (exact) mass is 323 g/mol. The van der Waals surface area contributed by atoms with E-state index in [-0.39, 0.29) is 12.0 Å². The molecule has 2 aromatic rings. The Morgan fingerprint density at radius 3 is 3.19 bits per heavy atom. The Morgan fingerprint density at radius 2 is 2.43 bits per heavy atom. The van der Waals surface area contributed by atoms with Crippen LogP contribution in [-0.2, 0) is 11.2 Å². The van der Waals surface area contributed by atoms with Gasteiger partial charge in [0.2, 0.25) is 0 Å². The number of nitrogens with two attached hydrogens (primary N) is 1. The summed E-state index contributed by atoms with van der Waals surface area (Å²) in [7, 11) is 0. The van der Waals surface area contributed by atoms with Gasteiger partial charge in [-0.1, -0.05) is 6.07 Å². The van der Waals surface area contributed by atoms with Gasteiger partial charge >= 0.3 is 0 Å². The van der Waals surface area contributed by atoms with Crippen LogP contribution in [-0.4, -0.2) is 42.0 Å². The molecule has 5 nitrogen and oxygen atoms in total. The number of amides is 1. The lowest BCUT2D eigenvalue weighted by molar-refractivity contribution is -0.0213. The van der Waals surface area contributed by atoms with Crippen LogP contribution < -0.4 is 5.73 Å². The lowest BCUT2D eigenvalue weighted by Gasteiger charge is -2.32. The second kappa shape index (κ2) is 6.65. The molecule has 0 radical (unpaired) electrons. The summed E-state index contributed by atoms with van der Waals surface area (Å²) >= 11 is 3.16. The third-order valence-corrected chi connectivity index (χ3v) is 5.22. The number of morpholine rings is 1. The first-order valence-electron chi connectivity index (χ1n) is 6.86. The maximum Gasteiger partial charge on any atom is 0.273 e. The molecule has 1 amide bonds. The SMILES string of the molecule is NCCc1nc(C(=O)N2CCOC(c3cccs3)C2)cs1. The first-order valence-corrected chi connectivity index (χ1v) is 8.62. The Labute approximate surface area is 131 Å². The average Bonchev–Trinajstić information content (AvgIpc) is 3.18. The highest BCUT2D eigenvalue weighted by molar-refractivity contribution is 7.10. The highest BCUT2D eigenvalue weighted by Crippen LogP contribution is 2.26. The quantitative estimate of drug-likeness (QED) is 0.933. The van der Waals surface area contributed by atoms with Gasteiger partial charge in [-0.2, -0.15) is 0 Å². The lowest BCUT2D eigenvalue weighted by atomic mass is 10.2. The van der Waals surface area contributed by atoms with E-state index in [9.17, 15) is 4.79 Å². The fraction of sp³-hybridized carbons (Fsp3) is 0.429. The van der Waals surface area contributed by atoms with Crippen molar-refractivity contribution in [1.29, 1.82) is 0 Å². The van der Waals surface area contributed by atoms with E-state index in [0.29, 0.717) is 31.9 Å². The minimum Gasteiger partial charge on any atom is -0.369 e. The van der Waals surface area contributed by atoms with Crippen LogP contribution in [0.5, 0.6) is 0 Å². The van der Waals surface area contributed by atoms with Gasteiger partial charge in [-0.3, -0.25) is 4.79 Å². The van der Waals surface area contributed by atoms with Crippen LogP contribution >= 0.6 is 22.7 Å². The predicted octanol–water partition coefficient (Wildman–Crippen LogP) is 1.92. The number of carbonyl (C=O) groups is 1. The largest absolute Gasteiger partial charge is 0.369 e. The van der Waals surface area contributed by atoms with Crippen molar-refractivity contribution in [2.45, 2.75) is 12.5 Å². The van der Waals surface area contributed by atoms with Crippen LogP contribution in [0.3, 0.4) is 0 Å². The number of aromatic nitrogens is 1. The van der Waals surface area contributed by atoms with Crippen LogP contribution in [0, 0.1) is 0 Å². The molecule has 3 rings (SSSR count). The minimum absolute atomic E-state index is 0.0145. The maximum atomic E-state index is 12.5. The molecule has 1 aliphatic rings. The smallest absolute Gasteiger partial charge is 0.273 e. The first-order chi connectivity index (χ1) is 10.3. The van der Waals surface area contributed by atoms with Gasteiger partial charge < -0.3 is 15.4 Å². The maximum absolute atomic E-state index is 12.5. The third-order valence-electron chi connectivity index (χ3n) is 3.34. The molecule has 7 heteroatoms. The third kappa shape index (κ3) is 3.32. The molecule has 0 spiro atoms. The number of thiophene rings is 1. The molecule has 1 fully saturated rings. The number of carbonyl (C=O) groups excluding carboxylic acids is 1. The number of rotatable bonds is 4.